The quantitative estimate of drug-likeness (QED) is 0.529. The van der Waals surface area contributed by atoms with Crippen LogP contribution in [0.3, 0.4) is 0 Å². The van der Waals surface area contributed by atoms with E-state index in [2.05, 4.69) is 17.3 Å². The summed E-state index contributed by atoms with van der Waals surface area (Å²) in [5, 5.41) is 7.80. The van der Waals surface area contributed by atoms with E-state index in [1.807, 2.05) is 18.5 Å². The average Bonchev–Trinajstić information content (AvgIpc) is 3.25. The predicted octanol–water partition coefficient (Wildman–Crippen LogP) is 4.62. The van der Waals surface area contributed by atoms with Crippen LogP contribution in [0.2, 0.25) is 0 Å². The molecule has 0 unspecified atom stereocenters. The fourth-order valence-corrected chi connectivity index (χ4v) is 5.13. The second-order valence-corrected chi connectivity index (χ2v) is 8.37. The molecule has 1 aliphatic rings. The number of fused-ring (bicyclic) bond motifs is 1. The molecule has 6 nitrogen and oxygen atoms in total. The summed E-state index contributed by atoms with van der Waals surface area (Å²) in [5.41, 5.74) is 3.51. The largest absolute Gasteiger partial charge is 0.462 e. The molecule has 1 atom stereocenters. The summed E-state index contributed by atoms with van der Waals surface area (Å²) in [7, 11) is 0. The molecule has 0 bridgehead atoms. The molecule has 0 radical (unpaired) electrons. The van der Waals surface area contributed by atoms with Crippen molar-refractivity contribution in [3.63, 3.8) is 0 Å². The summed E-state index contributed by atoms with van der Waals surface area (Å²) in [4.78, 5) is 26.4. The highest BCUT2D eigenvalue weighted by atomic mass is 32.1. The summed E-state index contributed by atoms with van der Waals surface area (Å²) in [6.45, 7) is 9.10. The van der Waals surface area contributed by atoms with Crippen LogP contribution in [0.25, 0.3) is 6.08 Å². The molecule has 1 N–H and O–H groups in total. The van der Waals surface area contributed by atoms with Crippen molar-refractivity contribution in [1.82, 2.24) is 9.78 Å². The van der Waals surface area contributed by atoms with Gasteiger partial charge in [0.2, 0.25) is 5.91 Å². The van der Waals surface area contributed by atoms with Gasteiger partial charge in [-0.2, -0.15) is 5.10 Å². The number of aryl methyl sites for hydroxylation is 1. The van der Waals surface area contributed by atoms with E-state index in [0.717, 1.165) is 49.0 Å². The molecule has 0 aliphatic heterocycles. The van der Waals surface area contributed by atoms with Crippen molar-refractivity contribution in [3.05, 3.63) is 39.5 Å². The number of hydrogen-bond donors (Lipinski definition) is 1. The second kappa shape index (κ2) is 9.39. The maximum absolute atomic E-state index is 12.6. The first kappa shape index (κ1) is 21.3. The average molecular weight is 416 g/mol. The molecule has 7 heteroatoms. The van der Waals surface area contributed by atoms with Crippen LogP contribution in [-0.4, -0.2) is 28.3 Å². The van der Waals surface area contributed by atoms with Gasteiger partial charge in [-0.3, -0.25) is 9.48 Å². The van der Waals surface area contributed by atoms with E-state index in [-0.39, 0.29) is 11.9 Å². The molecule has 1 aliphatic carbocycles. The number of esters is 1. The third-order valence-electron chi connectivity index (χ3n) is 5.52. The smallest absolute Gasteiger partial charge is 0.341 e. The number of hydrogen-bond acceptors (Lipinski definition) is 5. The minimum Gasteiger partial charge on any atom is -0.462 e. The molecular formula is C22H29N3O3S. The van der Waals surface area contributed by atoms with Gasteiger partial charge in [0.1, 0.15) is 5.00 Å². The Morgan fingerprint density at radius 2 is 2.17 bits per heavy atom. The van der Waals surface area contributed by atoms with Gasteiger partial charge in [0.15, 0.2) is 0 Å². The van der Waals surface area contributed by atoms with E-state index in [9.17, 15) is 9.59 Å². The minimum atomic E-state index is -0.348. The van der Waals surface area contributed by atoms with Crippen molar-refractivity contribution < 1.29 is 14.3 Å². The van der Waals surface area contributed by atoms with Crippen LogP contribution in [-0.2, 0) is 28.9 Å². The Morgan fingerprint density at radius 1 is 1.38 bits per heavy atom. The maximum Gasteiger partial charge on any atom is 0.341 e. The molecule has 0 aromatic carbocycles. The highest BCUT2D eigenvalue weighted by Crippen LogP contribution is 2.40. The van der Waals surface area contributed by atoms with E-state index in [0.29, 0.717) is 23.1 Å². The topological polar surface area (TPSA) is 73.2 Å². The lowest BCUT2D eigenvalue weighted by molar-refractivity contribution is -0.111. The standard InChI is InChI=1S/C22H29N3O3S/c1-5-15-8-10-17-18(12-15)29-21(20(17)22(27)28-7-3)24-19(26)11-9-16-13-23-25(6-2)14(16)4/h9,11,13,15H,5-8,10,12H2,1-4H3,(H,24,26)/b11-9+/t15-/m1/s1. The van der Waals surface area contributed by atoms with Crippen molar-refractivity contribution in [1.29, 1.82) is 0 Å². The van der Waals surface area contributed by atoms with Gasteiger partial charge >= 0.3 is 5.97 Å². The van der Waals surface area contributed by atoms with Crippen molar-refractivity contribution in [2.24, 2.45) is 5.92 Å². The summed E-state index contributed by atoms with van der Waals surface area (Å²) >= 11 is 1.51. The minimum absolute atomic E-state index is 0.259. The van der Waals surface area contributed by atoms with Crippen LogP contribution in [0.15, 0.2) is 12.3 Å². The van der Waals surface area contributed by atoms with Gasteiger partial charge in [0.25, 0.3) is 0 Å². The first-order valence-corrected chi connectivity index (χ1v) is 11.1. The Kier molecular flexibility index (Phi) is 6.90. The third kappa shape index (κ3) is 4.61. The lowest BCUT2D eigenvalue weighted by atomic mass is 9.85. The van der Waals surface area contributed by atoms with E-state index < -0.39 is 0 Å². The molecule has 156 valence electrons. The van der Waals surface area contributed by atoms with Crippen LogP contribution < -0.4 is 5.32 Å². The van der Waals surface area contributed by atoms with Crippen molar-refractivity contribution in [2.45, 2.75) is 59.9 Å². The lowest BCUT2D eigenvalue weighted by Crippen LogP contribution is -2.16. The van der Waals surface area contributed by atoms with Crippen LogP contribution in [0.5, 0.6) is 0 Å². The molecule has 0 saturated carbocycles. The molecule has 29 heavy (non-hydrogen) atoms. The van der Waals surface area contributed by atoms with Gasteiger partial charge < -0.3 is 10.1 Å². The maximum atomic E-state index is 12.6. The van der Waals surface area contributed by atoms with Crippen LogP contribution in [0.4, 0.5) is 5.00 Å². The summed E-state index contributed by atoms with van der Waals surface area (Å²) in [6, 6.07) is 0. The zero-order valence-electron chi connectivity index (χ0n) is 17.6. The molecule has 1 amide bonds. The highest BCUT2D eigenvalue weighted by molar-refractivity contribution is 7.17. The summed E-state index contributed by atoms with van der Waals surface area (Å²) < 4.78 is 7.16. The van der Waals surface area contributed by atoms with Gasteiger partial charge in [-0.15, -0.1) is 11.3 Å². The number of amides is 1. The number of nitrogens with zero attached hydrogens (tertiary/aromatic N) is 2. The molecule has 0 saturated heterocycles. The molecule has 0 spiro atoms. The predicted molar refractivity (Wildman–Crippen MR) is 116 cm³/mol. The van der Waals surface area contributed by atoms with Gasteiger partial charge in [-0.1, -0.05) is 13.3 Å². The highest BCUT2D eigenvalue weighted by Gasteiger charge is 2.29. The Balaban J connectivity index is 1.82. The summed E-state index contributed by atoms with van der Waals surface area (Å²) in [6.07, 6.45) is 9.02. The Morgan fingerprint density at radius 3 is 2.83 bits per heavy atom. The Hall–Kier alpha value is -2.41. The first-order valence-electron chi connectivity index (χ1n) is 10.3. The SMILES string of the molecule is CCOC(=O)c1c(NC(=O)/C=C/c2cnn(CC)c2C)sc2c1CC[C@@H](CC)C2. The number of ether oxygens (including phenoxy) is 1. The second-order valence-electron chi connectivity index (χ2n) is 7.27. The Labute approximate surface area is 176 Å². The zero-order valence-corrected chi connectivity index (χ0v) is 18.4. The fourth-order valence-electron chi connectivity index (χ4n) is 3.77. The van der Waals surface area contributed by atoms with E-state index in [4.69, 9.17) is 4.74 Å². The zero-order chi connectivity index (χ0) is 21.0. The number of anilines is 1. The normalized spacial score (nSPS) is 16.1. The van der Waals surface area contributed by atoms with E-state index in [1.165, 1.54) is 22.3 Å². The molecule has 2 aromatic rings. The molecule has 0 fully saturated rings. The first-order chi connectivity index (χ1) is 14.0. The number of thiophene rings is 1. The molecule has 3 rings (SSSR count). The van der Waals surface area contributed by atoms with Gasteiger partial charge in [-0.05, 0) is 57.6 Å². The van der Waals surface area contributed by atoms with E-state index >= 15 is 0 Å². The van der Waals surface area contributed by atoms with Crippen molar-refractivity contribution in [2.75, 3.05) is 11.9 Å². The number of aromatic nitrogens is 2. The molecule has 2 heterocycles. The number of carbonyl (C=O) groups excluding carboxylic acids is 2. The van der Waals surface area contributed by atoms with Crippen LogP contribution in [0, 0.1) is 12.8 Å². The fraction of sp³-hybridized carbons (Fsp3) is 0.500. The lowest BCUT2D eigenvalue weighted by Gasteiger charge is -2.20. The Bertz CT molecular complexity index is 926. The van der Waals surface area contributed by atoms with Gasteiger partial charge in [0, 0.05) is 28.8 Å². The molecule has 2 aromatic heterocycles. The number of rotatable bonds is 7. The summed E-state index contributed by atoms with van der Waals surface area (Å²) in [5.74, 6) is 0.0295. The molecular weight excluding hydrogens is 386 g/mol. The van der Waals surface area contributed by atoms with Gasteiger partial charge in [-0.25, -0.2) is 4.79 Å². The van der Waals surface area contributed by atoms with E-state index in [1.54, 1.807) is 19.2 Å². The van der Waals surface area contributed by atoms with Crippen molar-refractivity contribution in [3.8, 4) is 0 Å². The van der Waals surface area contributed by atoms with Crippen molar-refractivity contribution >= 4 is 34.3 Å². The van der Waals surface area contributed by atoms with Crippen LogP contribution >= 0.6 is 11.3 Å². The monoisotopic (exact) mass is 415 g/mol. The van der Waals surface area contributed by atoms with Gasteiger partial charge in [0.05, 0.1) is 18.4 Å². The van der Waals surface area contributed by atoms with Crippen LogP contribution in [0.1, 0.15) is 65.7 Å². The third-order valence-corrected chi connectivity index (χ3v) is 6.69. The number of nitrogens with one attached hydrogen (secondary N) is 1. The number of carbonyl (C=O) groups is 2.